The summed E-state index contributed by atoms with van der Waals surface area (Å²) >= 11 is 5.96. The van der Waals surface area contributed by atoms with E-state index in [0.29, 0.717) is 12.1 Å². The van der Waals surface area contributed by atoms with E-state index in [2.05, 4.69) is 0 Å². The van der Waals surface area contributed by atoms with Crippen LogP contribution in [-0.4, -0.2) is 31.3 Å². The summed E-state index contributed by atoms with van der Waals surface area (Å²) in [5.74, 6) is -0.209. The Labute approximate surface area is 134 Å². The third-order valence-corrected chi connectivity index (χ3v) is 5.63. The molecule has 0 spiro atoms. The van der Waals surface area contributed by atoms with Crippen molar-refractivity contribution < 1.29 is 13.2 Å². The normalized spacial score (nSPS) is 18.0. The second-order valence-corrected chi connectivity index (χ2v) is 8.86. The number of hydrogen-bond donors (Lipinski definition) is 0. The smallest absolute Gasteiger partial charge is 0.261 e. The standard InChI is InChI=1S/C14H17Cl2NO3S/c1-9-11(7-10(15)8-12(9)21(16,19)20)13(18)17-6-4-5-14(17,2)3/h7-8H,4-6H2,1-3H3. The Morgan fingerprint density at radius 1 is 1.33 bits per heavy atom. The molecule has 2 rings (SSSR count). The minimum atomic E-state index is -3.95. The van der Waals surface area contributed by atoms with Crippen LogP contribution in [0.1, 0.15) is 42.6 Å². The molecule has 0 aromatic heterocycles. The molecule has 0 N–H and O–H groups in total. The van der Waals surface area contributed by atoms with Gasteiger partial charge in [-0.25, -0.2) is 8.42 Å². The number of nitrogens with zero attached hydrogens (tertiary/aromatic N) is 1. The van der Waals surface area contributed by atoms with Crippen molar-refractivity contribution >= 4 is 37.2 Å². The summed E-state index contributed by atoms with van der Waals surface area (Å²) in [5, 5.41) is 0.181. The van der Waals surface area contributed by atoms with Crippen LogP contribution in [0.3, 0.4) is 0 Å². The Morgan fingerprint density at radius 3 is 2.43 bits per heavy atom. The minimum Gasteiger partial charge on any atom is -0.334 e. The Kier molecular flexibility index (Phi) is 4.30. The van der Waals surface area contributed by atoms with Crippen LogP contribution in [-0.2, 0) is 9.05 Å². The maximum absolute atomic E-state index is 12.7. The molecule has 4 nitrogen and oxygen atoms in total. The topological polar surface area (TPSA) is 54.5 Å². The van der Waals surface area contributed by atoms with E-state index in [1.54, 1.807) is 11.8 Å². The van der Waals surface area contributed by atoms with Gasteiger partial charge in [0.15, 0.2) is 0 Å². The molecule has 1 saturated heterocycles. The number of carbonyl (C=O) groups is 1. The van der Waals surface area contributed by atoms with Gasteiger partial charge in [0.25, 0.3) is 15.0 Å². The third-order valence-electron chi connectivity index (χ3n) is 3.96. The van der Waals surface area contributed by atoms with Crippen LogP contribution in [0.4, 0.5) is 0 Å². The lowest BCUT2D eigenvalue weighted by Crippen LogP contribution is -2.43. The van der Waals surface area contributed by atoms with Crippen LogP contribution in [0.2, 0.25) is 5.02 Å². The lowest BCUT2D eigenvalue weighted by molar-refractivity contribution is 0.0651. The lowest BCUT2D eigenvalue weighted by atomic mass is 10.0. The Hall–Kier alpha value is -0.780. The molecule has 116 valence electrons. The van der Waals surface area contributed by atoms with E-state index in [1.807, 2.05) is 13.8 Å². The van der Waals surface area contributed by atoms with Crippen molar-refractivity contribution in [3.8, 4) is 0 Å². The Balaban J connectivity index is 2.55. The van der Waals surface area contributed by atoms with Gasteiger partial charge in [0.1, 0.15) is 0 Å². The second-order valence-electron chi connectivity index (χ2n) is 5.89. The van der Waals surface area contributed by atoms with Gasteiger partial charge in [-0.1, -0.05) is 11.6 Å². The van der Waals surface area contributed by atoms with Crippen molar-refractivity contribution in [1.29, 1.82) is 0 Å². The molecule has 0 unspecified atom stereocenters. The zero-order chi connectivity index (χ0) is 16.0. The largest absolute Gasteiger partial charge is 0.334 e. The van der Waals surface area contributed by atoms with Crippen molar-refractivity contribution in [2.24, 2.45) is 0 Å². The summed E-state index contributed by atoms with van der Waals surface area (Å²) in [5.41, 5.74) is 0.380. The van der Waals surface area contributed by atoms with E-state index < -0.39 is 9.05 Å². The van der Waals surface area contributed by atoms with E-state index >= 15 is 0 Å². The number of carbonyl (C=O) groups excluding carboxylic acids is 1. The van der Waals surface area contributed by atoms with Crippen LogP contribution >= 0.6 is 22.3 Å². The van der Waals surface area contributed by atoms with Gasteiger partial charge in [-0.2, -0.15) is 0 Å². The highest BCUT2D eigenvalue weighted by molar-refractivity contribution is 8.13. The van der Waals surface area contributed by atoms with E-state index in [0.717, 1.165) is 12.8 Å². The Morgan fingerprint density at radius 2 is 1.95 bits per heavy atom. The first-order valence-electron chi connectivity index (χ1n) is 6.61. The molecule has 0 bridgehead atoms. The SMILES string of the molecule is Cc1c(C(=O)N2CCCC2(C)C)cc(Cl)cc1S(=O)(=O)Cl. The molecule has 1 aliphatic rings. The average Bonchev–Trinajstić information content (AvgIpc) is 2.69. The zero-order valence-corrected chi connectivity index (χ0v) is 14.4. The number of benzene rings is 1. The van der Waals surface area contributed by atoms with Crippen molar-refractivity contribution in [1.82, 2.24) is 4.90 Å². The fourth-order valence-corrected chi connectivity index (χ4v) is 4.27. The molecular formula is C14H17Cl2NO3S. The van der Waals surface area contributed by atoms with Crippen LogP contribution in [0.15, 0.2) is 17.0 Å². The van der Waals surface area contributed by atoms with Gasteiger partial charge in [-0.05, 0) is 51.3 Å². The number of amides is 1. The average molecular weight is 350 g/mol. The quantitative estimate of drug-likeness (QED) is 0.766. The fourth-order valence-electron chi connectivity index (χ4n) is 2.76. The summed E-state index contributed by atoms with van der Waals surface area (Å²) < 4.78 is 23.2. The molecule has 1 aromatic rings. The van der Waals surface area contributed by atoms with Crippen molar-refractivity contribution in [2.75, 3.05) is 6.54 Å². The molecule has 1 amide bonds. The summed E-state index contributed by atoms with van der Waals surface area (Å²) in [6, 6.07) is 2.77. The first-order valence-corrected chi connectivity index (χ1v) is 9.29. The van der Waals surface area contributed by atoms with E-state index in [4.69, 9.17) is 22.3 Å². The number of likely N-dealkylation sites (tertiary alicyclic amines) is 1. The third kappa shape index (κ3) is 3.20. The van der Waals surface area contributed by atoms with Crippen molar-refractivity contribution in [3.63, 3.8) is 0 Å². The molecule has 7 heteroatoms. The first-order chi connectivity index (χ1) is 9.54. The van der Waals surface area contributed by atoms with Crippen LogP contribution in [0, 0.1) is 6.92 Å². The molecule has 0 saturated carbocycles. The summed E-state index contributed by atoms with van der Waals surface area (Å²) in [4.78, 5) is 14.4. The molecule has 21 heavy (non-hydrogen) atoms. The predicted molar refractivity (Wildman–Crippen MR) is 83.6 cm³/mol. The highest BCUT2D eigenvalue weighted by Gasteiger charge is 2.36. The van der Waals surface area contributed by atoms with Gasteiger partial charge < -0.3 is 4.90 Å². The zero-order valence-electron chi connectivity index (χ0n) is 12.1. The molecular weight excluding hydrogens is 333 g/mol. The molecule has 1 aliphatic heterocycles. The maximum atomic E-state index is 12.7. The fraction of sp³-hybridized carbons (Fsp3) is 0.500. The molecule has 1 fully saturated rings. The van der Waals surface area contributed by atoms with Crippen LogP contribution in [0.25, 0.3) is 0 Å². The van der Waals surface area contributed by atoms with Gasteiger partial charge in [0.05, 0.1) is 4.90 Å². The van der Waals surface area contributed by atoms with Gasteiger partial charge in [0, 0.05) is 33.4 Å². The molecule has 0 atom stereocenters. The summed E-state index contributed by atoms with van der Waals surface area (Å²) in [6.45, 7) is 6.22. The van der Waals surface area contributed by atoms with Crippen molar-refractivity contribution in [2.45, 2.75) is 44.0 Å². The monoisotopic (exact) mass is 349 g/mol. The van der Waals surface area contributed by atoms with Gasteiger partial charge in [-0.3, -0.25) is 4.79 Å². The van der Waals surface area contributed by atoms with E-state index in [-0.39, 0.29) is 26.9 Å². The lowest BCUT2D eigenvalue weighted by Gasteiger charge is -2.32. The highest BCUT2D eigenvalue weighted by Crippen LogP contribution is 2.33. The van der Waals surface area contributed by atoms with Gasteiger partial charge in [0.2, 0.25) is 0 Å². The van der Waals surface area contributed by atoms with E-state index in [1.165, 1.54) is 12.1 Å². The van der Waals surface area contributed by atoms with Crippen LogP contribution in [0.5, 0.6) is 0 Å². The number of halogens is 2. The molecule has 0 radical (unpaired) electrons. The number of hydrogen-bond acceptors (Lipinski definition) is 3. The van der Waals surface area contributed by atoms with Gasteiger partial charge in [-0.15, -0.1) is 0 Å². The molecule has 0 aliphatic carbocycles. The summed E-state index contributed by atoms with van der Waals surface area (Å²) in [6.07, 6.45) is 1.85. The predicted octanol–water partition coefficient (Wildman–Crippen LogP) is 3.59. The van der Waals surface area contributed by atoms with Gasteiger partial charge >= 0.3 is 0 Å². The minimum absolute atomic E-state index is 0.114. The second kappa shape index (κ2) is 5.45. The van der Waals surface area contributed by atoms with Crippen LogP contribution < -0.4 is 0 Å². The highest BCUT2D eigenvalue weighted by atomic mass is 35.7. The van der Waals surface area contributed by atoms with E-state index in [9.17, 15) is 13.2 Å². The first kappa shape index (κ1) is 16.6. The molecule has 1 aromatic carbocycles. The molecule has 1 heterocycles. The summed E-state index contributed by atoms with van der Waals surface area (Å²) in [7, 11) is 1.47. The Bertz CT molecular complexity index is 698. The van der Waals surface area contributed by atoms with Crippen molar-refractivity contribution in [3.05, 3.63) is 28.3 Å². The maximum Gasteiger partial charge on any atom is 0.261 e. The number of rotatable bonds is 2.